The Balaban J connectivity index is 0. The summed E-state index contributed by atoms with van der Waals surface area (Å²) in [6, 6.07) is 0. The van der Waals surface area contributed by atoms with Gasteiger partial charge in [-0.05, 0) is 21.7 Å². The van der Waals surface area contributed by atoms with Gasteiger partial charge in [0.05, 0.1) is 0 Å². The van der Waals surface area contributed by atoms with Crippen molar-refractivity contribution in [2.75, 3.05) is 0 Å². The van der Waals surface area contributed by atoms with Gasteiger partial charge in [0.1, 0.15) is 0 Å². The summed E-state index contributed by atoms with van der Waals surface area (Å²) >= 11 is 0. The van der Waals surface area contributed by atoms with E-state index in [1.54, 1.807) is 0 Å². The summed E-state index contributed by atoms with van der Waals surface area (Å²) in [5.41, 5.74) is 1.75. The fourth-order valence-electron chi connectivity index (χ4n) is 0. The molecule has 0 heterocycles. The van der Waals surface area contributed by atoms with E-state index in [-0.39, 0.29) is 0 Å². The Morgan fingerprint density at radius 1 is 0.250 bits per heavy atom. The standard InChI is InChI=1S/2C8H18/c2*1-7(2,3)8(4,5)6/h2*1-6H3. The topological polar surface area (TPSA) is 0 Å². The molecule has 0 saturated carbocycles. The molecule has 16 heavy (non-hydrogen) atoms. The normalized spacial score (nSPS) is 14.2. The average molecular weight is 228 g/mol. The molecule has 0 nitrogen and oxygen atoms in total. The lowest BCUT2D eigenvalue weighted by Crippen LogP contribution is -2.25. The third-order valence-electron chi connectivity index (χ3n) is 4.50. The molecule has 0 aliphatic carbocycles. The molecule has 0 rings (SSSR count). The summed E-state index contributed by atoms with van der Waals surface area (Å²) in [5, 5.41) is 0. The molecule has 0 heteroatoms. The molecule has 0 N–H and O–H groups in total. The maximum atomic E-state index is 2.27. The minimum atomic E-state index is 0.437. The van der Waals surface area contributed by atoms with Gasteiger partial charge in [0.15, 0.2) is 0 Å². The molecule has 0 aromatic heterocycles. The largest absolute Gasteiger partial charge is 0.0597 e. The van der Waals surface area contributed by atoms with Crippen LogP contribution >= 0.6 is 0 Å². The summed E-state index contributed by atoms with van der Waals surface area (Å²) in [5.74, 6) is 0. The van der Waals surface area contributed by atoms with Gasteiger partial charge in [0.2, 0.25) is 0 Å². The van der Waals surface area contributed by atoms with Crippen molar-refractivity contribution < 1.29 is 0 Å². The van der Waals surface area contributed by atoms with E-state index in [1.807, 2.05) is 0 Å². The third kappa shape index (κ3) is 7.30. The van der Waals surface area contributed by atoms with E-state index >= 15 is 0 Å². The van der Waals surface area contributed by atoms with Gasteiger partial charge in [-0.25, -0.2) is 0 Å². The van der Waals surface area contributed by atoms with Gasteiger partial charge in [-0.2, -0.15) is 0 Å². The van der Waals surface area contributed by atoms with Crippen molar-refractivity contribution in [3.05, 3.63) is 0 Å². The Labute approximate surface area is 105 Å². The summed E-state index contributed by atoms with van der Waals surface area (Å²) in [4.78, 5) is 0. The Morgan fingerprint density at radius 2 is 0.312 bits per heavy atom. The minimum Gasteiger partial charge on any atom is -0.0597 e. The van der Waals surface area contributed by atoms with Crippen LogP contribution in [0.2, 0.25) is 0 Å². The first-order valence-corrected chi connectivity index (χ1v) is 6.50. The van der Waals surface area contributed by atoms with Crippen molar-refractivity contribution in [3.63, 3.8) is 0 Å². The van der Waals surface area contributed by atoms with Gasteiger partial charge in [-0.3, -0.25) is 0 Å². The van der Waals surface area contributed by atoms with Crippen LogP contribution in [0, 0.1) is 21.7 Å². The fourth-order valence-corrected chi connectivity index (χ4v) is 0. The van der Waals surface area contributed by atoms with Gasteiger partial charge >= 0.3 is 0 Å². The smallest absolute Gasteiger partial charge is 0.0334 e. The van der Waals surface area contributed by atoms with Crippen molar-refractivity contribution in [3.8, 4) is 0 Å². The van der Waals surface area contributed by atoms with Gasteiger partial charge in [-0.15, -0.1) is 0 Å². The van der Waals surface area contributed by atoms with Crippen molar-refractivity contribution in [1.82, 2.24) is 0 Å². The van der Waals surface area contributed by atoms with E-state index in [1.165, 1.54) is 0 Å². The molecule has 0 atom stereocenters. The second-order valence-corrected chi connectivity index (χ2v) is 9.00. The van der Waals surface area contributed by atoms with Crippen LogP contribution in [0.25, 0.3) is 0 Å². The minimum absolute atomic E-state index is 0.437. The molecule has 0 aromatic carbocycles. The first-order chi connectivity index (χ1) is 6.50. The van der Waals surface area contributed by atoms with Crippen LogP contribution in [0.1, 0.15) is 83.1 Å². The number of hydrogen-bond acceptors (Lipinski definition) is 0. The van der Waals surface area contributed by atoms with Crippen LogP contribution < -0.4 is 0 Å². The highest BCUT2D eigenvalue weighted by Crippen LogP contribution is 2.37. The summed E-state index contributed by atoms with van der Waals surface area (Å²) in [6.45, 7) is 27.2. The van der Waals surface area contributed by atoms with E-state index in [9.17, 15) is 0 Å². The zero-order chi connectivity index (χ0) is 14.0. The molecule has 0 aliphatic rings. The first kappa shape index (κ1) is 18.4. The maximum Gasteiger partial charge on any atom is -0.0334 e. The van der Waals surface area contributed by atoms with Crippen molar-refractivity contribution in [2.24, 2.45) is 21.7 Å². The van der Waals surface area contributed by atoms with Crippen LogP contribution in [0.3, 0.4) is 0 Å². The predicted octanol–water partition coefficient (Wildman–Crippen LogP) is 6.16. The van der Waals surface area contributed by atoms with Gasteiger partial charge in [-0.1, -0.05) is 83.1 Å². The molecule has 100 valence electrons. The average Bonchev–Trinajstić information content (AvgIpc) is 1.77. The molecule has 0 fully saturated rings. The molecular weight excluding hydrogens is 192 g/mol. The molecular formula is C16H36. The molecule has 0 bridgehead atoms. The molecule has 0 aliphatic heterocycles. The van der Waals surface area contributed by atoms with Gasteiger partial charge in [0, 0.05) is 0 Å². The van der Waals surface area contributed by atoms with Crippen LogP contribution in [0.15, 0.2) is 0 Å². The lowest BCUT2D eigenvalue weighted by molar-refractivity contribution is 0.157. The highest BCUT2D eigenvalue weighted by Gasteiger charge is 2.27. The Kier molecular flexibility index (Phi) is 5.86. The molecule has 0 amide bonds. The van der Waals surface area contributed by atoms with E-state index in [4.69, 9.17) is 0 Å². The first-order valence-electron chi connectivity index (χ1n) is 6.50. The molecule has 0 radical (unpaired) electrons. The summed E-state index contributed by atoms with van der Waals surface area (Å²) in [7, 11) is 0. The van der Waals surface area contributed by atoms with E-state index in [0.29, 0.717) is 21.7 Å². The monoisotopic (exact) mass is 228 g/mol. The van der Waals surface area contributed by atoms with E-state index < -0.39 is 0 Å². The quantitative estimate of drug-likeness (QED) is 0.466. The molecule has 0 aromatic rings. The second-order valence-electron chi connectivity index (χ2n) is 9.00. The fraction of sp³-hybridized carbons (Fsp3) is 1.00. The van der Waals surface area contributed by atoms with E-state index in [0.717, 1.165) is 0 Å². The van der Waals surface area contributed by atoms with Crippen LogP contribution in [0.5, 0.6) is 0 Å². The Bertz CT molecular complexity index is 134. The zero-order valence-corrected chi connectivity index (χ0v) is 14.0. The Morgan fingerprint density at radius 3 is 0.312 bits per heavy atom. The summed E-state index contributed by atoms with van der Waals surface area (Å²) < 4.78 is 0. The maximum absolute atomic E-state index is 2.27. The lowest BCUT2D eigenvalue weighted by atomic mass is 9.71. The van der Waals surface area contributed by atoms with Crippen LogP contribution in [-0.4, -0.2) is 0 Å². The van der Waals surface area contributed by atoms with Gasteiger partial charge in [0.25, 0.3) is 0 Å². The highest BCUT2D eigenvalue weighted by atomic mass is 14.3. The van der Waals surface area contributed by atoms with Crippen LogP contribution in [-0.2, 0) is 0 Å². The van der Waals surface area contributed by atoms with E-state index in [2.05, 4.69) is 83.1 Å². The number of rotatable bonds is 0. The van der Waals surface area contributed by atoms with Crippen molar-refractivity contribution >= 4 is 0 Å². The Hall–Kier alpha value is 0. The van der Waals surface area contributed by atoms with Crippen molar-refractivity contribution in [1.29, 1.82) is 0 Å². The predicted molar refractivity (Wildman–Crippen MR) is 77.8 cm³/mol. The second kappa shape index (κ2) is 5.10. The molecule has 0 unspecified atom stereocenters. The van der Waals surface area contributed by atoms with Crippen LogP contribution in [0.4, 0.5) is 0 Å². The summed E-state index contributed by atoms with van der Waals surface area (Å²) in [6.07, 6.45) is 0. The third-order valence-corrected chi connectivity index (χ3v) is 4.50. The van der Waals surface area contributed by atoms with Gasteiger partial charge < -0.3 is 0 Å². The SMILES string of the molecule is CC(C)(C)C(C)(C)C.CC(C)(C)C(C)(C)C. The molecule has 0 spiro atoms. The van der Waals surface area contributed by atoms with Crippen molar-refractivity contribution in [2.45, 2.75) is 83.1 Å². The highest BCUT2D eigenvalue weighted by molar-refractivity contribution is 4.77. The molecule has 0 saturated heterocycles. The lowest BCUT2D eigenvalue weighted by Gasteiger charge is -2.34. The zero-order valence-electron chi connectivity index (χ0n) is 14.0. The number of hydrogen-bond donors (Lipinski definition) is 0.